The van der Waals surface area contributed by atoms with Gasteiger partial charge in [0, 0.05) is 97.5 Å². The van der Waals surface area contributed by atoms with E-state index in [1.54, 1.807) is 30.6 Å². The van der Waals surface area contributed by atoms with Gasteiger partial charge in [-0.2, -0.15) is 0 Å². The third-order valence-electron chi connectivity index (χ3n) is 10.3. The molecule has 17 heteroatoms. The lowest BCUT2D eigenvalue weighted by Gasteiger charge is -2.26. The molecule has 5 heterocycles. The molecule has 2 saturated heterocycles. The standard InChI is InChI=1S/C40H41Cl2N7O7S/c1-56-38-26(23-48(40(52)53)24-28-9-11-35(50)45-28)8-10-33(46-38)32-7-3-6-31(37(32)42)30-5-2-4-29(36(30)41)25-12-14-49-34(20-25)44-22-27(39(49)51)21-43-13-15-47-16-18-57(54,55)19-17-47/h2-8,10,12,14,20,22,28,43H,9,11,13,15-19,21,23-24H2,1H3,(H,45,50)(H,52,53)/t28-/m0/s1. The van der Waals surface area contributed by atoms with Crippen LogP contribution in [0.25, 0.3) is 39.2 Å². The number of fused-ring (bicyclic) bond motifs is 1. The van der Waals surface area contributed by atoms with Gasteiger partial charge in [0.15, 0.2) is 9.84 Å². The number of amides is 2. The molecule has 2 aliphatic heterocycles. The average molecular weight is 835 g/mol. The number of nitrogens with one attached hydrogen (secondary N) is 2. The number of benzene rings is 2. The number of pyridine rings is 2. The van der Waals surface area contributed by atoms with Gasteiger partial charge in [0.2, 0.25) is 11.8 Å². The van der Waals surface area contributed by atoms with Crippen molar-refractivity contribution in [2.24, 2.45) is 0 Å². The lowest BCUT2D eigenvalue weighted by Crippen LogP contribution is -2.43. The van der Waals surface area contributed by atoms with Crippen molar-refractivity contribution < 1.29 is 27.9 Å². The van der Waals surface area contributed by atoms with Crippen molar-refractivity contribution in [1.29, 1.82) is 0 Å². The number of halogens is 2. The number of aromatic nitrogens is 3. The van der Waals surface area contributed by atoms with Gasteiger partial charge >= 0.3 is 6.09 Å². The van der Waals surface area contributed by atoms with E-state index >= 15 is 0 Å². The Bertz CT molecular complexity index is 2500. The Morgan fingerprint density at radius 2 is 1.70 bits per heavy atom. The Balaban J connectivity index is 1.08. The number of carboxylic acid groups (broad SMARTS) is 1. The molecule has 0 saturated carbocycles. The Kier molecular flexibility index (Phi) is 12.1. The number of ether oxygens (including phenoxy) is 1. The van der Waals surface area contributed by atoms with Crippen molar-refractivity contribution in [3.05, 3.63) is 105 Å². The number of rotatable bonds is 13. The Labute approximate surface area is 339 Å². The number of carbonyl (C=O) groups is 2. The molecule has 0 spiro atoms. The van der Waals surface area contributed by atoms with Crippen LogP contribution in [0.3, 0.4) is 0 Å². The molecule has 3 aromatic heterocycles. The maximum atomic E-state index is 13.4. The number of hydrogen-bond acceptors (Lipinski definition) is 10. The summed E-state index contributed by atoms with van der Waals surface area (Å²) in [6, 6.07) is 18.1. The molecule has 2 fully saturated rings. The van der Waals surface area contributed by atoms with E-state index in [1.807, 2.05) is 42.5 Å². The molecule has 57 heavy (non-hydrogen) atoms. The maximum Gasteiger partial charge on any atom is 0.407 e. The molecule has 2 amide bonds. The van der Waals surface area contributed by atoms with Crippen LogP contribution in [0.2, 0.25) is 10.0 Å². The van der Waals surface area contributed by atoms with Crippen molar-refractivity contribution in [1.82, 2.24) is 34.8 Å². The molecule has 298 valence electrons. The van der Waals surface area contributed by atoms with Crippen molar-refractivity contribution in [3.8, 4) is 39.4 Å². The summed E-state index contributed by atoms with van der Waals surface area (Å²) < 4.78 is 30.5. The average Bonchev–Trinajstić information content (AvgIpc) is 3.62. The minimum atomic E-state index is -2.93. The van der Waals surface area contributed by atoms with Crippen LogP contribution in [-0.4, -0.2) is 107 Å². The second-order valence-electron chi connectivity index (χ2n) is 14.1. The van der Waals surface area contributed by atoms with E-state index in [9.17, 15) is 27.9 Å². The third-order valence-corrected chi connectivity index (χ3v) is 12.7. The third kappa shape index (κ3) is 9.08. The highest BCUT2D eigenvalue weighted by molar-refractivity contribution is 7.91. The normalized spacial score (nSPS) is 16.8. The van der Waals surface area contributed by atoms with E-state index in [1.165, 1.54) is 16.4 Å². The van der Waals surface area contributed by atoms with E-state index < -0.39 is 15.9 Å². The molecular formula is C40H41Cl2N7O7S. The van der Waals surface area contributed by atoms with Crippen LogP contribution in [0.4, 0.5) is 4.79 Å². The summed E-state index contributed by atoms with van der Waals surface area (Å²) in [7, 11) is -1.46. The van der Waals surface area contributed by atoms with E-state index in [0.717, 1.165) is 5.56 Å². The molecule has 3 N–H and O–H groups in total. The predicted molar refractivity (Wildman–Crippen MR) is 219 cm³/mol. The zero-order chi connectivity index (χ0) is 40.3. The summed E-state index contributed by atoms with van der Waals surface area (Å²) in [5.41, 5.74) is 5.28. The van der Waals surface area contributed by atoms with Gasteiger partial charge in [0.05, 0.1) is 40.9 Å². The molecule has 1 atom stereocenters. The second-order valence-corrected chi connectivity index (χ2v) is 17.1. The predicted octanol–water partition coefficient (Wildman–Crippen LogP) is 4.98. The van der Waals surface area contributed by atoms with Gasteiger partial charge in [-0.25, -0.2) is 23.2 Å². The highest BCUT2D eigenvalue weighted by Gasteiger charge is 2.27. The van der Waals surface area contributed by atoms with Gasteiger partial charge in [0.1, 0.15) is 5.65 Å². The number of hydrogen-bond donors (Lipinski definition) is 3. The van der Waals surface area contributed by atoms with E-state index in [-0.39, 0.29) is 48.0 Å². The topological polar surface area (TPSA) is 176 Å². The van der Waals surface area contributed by atoms with Gasteiger partial charge in [-0.1, -0.05) is 59.6 Å². The van der Waals surface area contributed by atoms with Crippen molar-refractivity contribution in [3.63, 3.8) is 0 Å². The first-order chi connectivity index (χ1) is 27.4. The molecule has 2 aromatic carbocycles. The van der Waals surface area contributed by atoms with Gasteiger partial charge < -0.3 is 30.3 Å². The fourth-order valence-electron chi connectivity index (χ4n) is 7.15. The molecule has 0 aliphatic carbocycles. The minimum absolute atomic E-state index is 0.0170. The SMILES string of the molecule is COc1nc(-c2cccc(-c3cccc(-c4ccn5c(=O)c(CNCCN6CCS(=O)(=O)CC6)cnc5c4)c3Cl)c2Cl)ccc1CN(C[C@@H]1CCC(=O)N1)C(=O)O. The monoisotopic (exact) mass is 833 g/mol. The van der Waals surface area contributed by atoms with Crippen molar-refractivity contribution in [2.75, 3.05) is 51.3 Å². The number of carbonyl (C=O) groups excluding carboxylic acids is 1. The molecule has 0 radical (unpaired) electrons. The fourth-order valence-corrected chi connectivity index (χ4v) is 9.09. The van der Waals surface area contributed by atoms with Gasteiger partial charge in [0.25, 0.3) is 5.56 Å². The Hall–Kier alpha value is -5.06. The highest BCUT2D eigenvalue weighted by Crippen LogP contribution is 2.42. The van der Waals surface area contributed by atoms with Crippen LogP contribution in [-0.2, 0) is 27.7 Å². The first-order valence-electron chi connectivity index (χ1n) is 18.4. The number of methoxy groups -OCH3 is 1. The van der Waals surface area contributed by atoms with E-state index in [2.05, 4.69) is 20.5 Å². The fraction of sp³-hybridized carbons (Fsp3) is 0.325. The lowest BCUT2D eigenvalue weighted by molar-refractivity contribution is -0.119. The van der Waals surface area contributed by atoms with Crippen LogP contribution in [0, 0.1) is 0 Å². The van der Waals surface area contributed by atoms with Crippen LogP contribution in [0.1, 0.15) is 24.0 Å². The van der Waals surface area contributed by atoms with Crippen LogP contribution < -0.4 is 20.9 Å². The minimum Gasteiger partial charge on any atom is -0.481 e. The van der Waals surface area contributed by atoms with Crippen LogP contribution >= 0.6 is 23.2 Å². The molecule has 0 bridgehead atoms. The molecule has 5 aromatic rings. The smallest absolute Gasteiger partial charge is 0.407 e. The second kappa shape index (κ2) is 17.2. The first-order valence-corrected chi connectivity index (χ1v) is 21.0. The van der Waals surface area contributed by atoms with E-state index in [0.29, 0.717) is 100 Å². The van der Waals surface area contributed by atoms with E-state index in [4.69, 9.17) is 32.9 Å². The summed E-state index contributed by atoms with van der Waals surface area (Å²) in [4.78, 5) is 49.7. The van der Waals surface area contributed by atoms with Crippen molar-refractivity contribution in [2.45, 2.75) is 32.0 Å². The number of sulfone groups is 1. The number of nitrogens with zero attached hydrogens (tertiary/aromatic N) is 5. The maximum absolute atomic E-state index is 13.4. The summed E-state index contributed by atoms with van der Waals surface area (Å²) in [6.45, 7) is 2.82. The Morgan fingerprint density at radius 3 is 2.39 bits per heavy atom. The zero-order valence-electron chi connectivity index (χ0n) is 31.1. The van der Waals surface area contributed by atoms with Crippen LogP contribution in [0.15, 0.2) is 77.9 Å². The molecule has 0 unspecified atom stereocenters. The first kappa shape index (κ1) is 40.1. The van der Waals surface area contributed by atoms with Crippen molar-refractivity contribution >= 4 is 50.7 Å². The highest BCUT2D eigenvalue weighted by atomic mass is 35.5. The molecule has 7 rings (SSSR count). The quantitative estimate of drug-likeness (QED) is 0.137. The largest absolute Gasteiger partial charge is 0.481 e. The molecule has 14 nitrogen and oxygen atoms in total. The summed E-state index contributed by atoms with van der Waals surface area (Å²) in [5.74, 6) is 0.511. The van der Waals surface area contributed by atoms with Crippen LogP contribution in [0.5, 0.6) is 5.88 Å². The van der Waals surface area contributed by atoms with Gasteiger partial charge in [-0.15, -0.1) is 0 Å². The van der Waals surface area contributed by atoms with Gasteiger partial charge in [-0.05, 0) is 36.2 Å². The summed E-state index contributed by atoms with van der Waals surface area (Å²) in [6.07, 6.45) is 3.07. The van der Waals surface area contributed by atoms with Gasteiger partial charge in [-0.3, -0.25) is 14.0 Å². The summed E-state index contributed by atoms with van der Waals surface area (Å²) >= 11 is 14.2. The zero-order valence-corrected chi connectivity index (χ0v) is 33.4. The Morgan fingerprint density at radius 1 is 1.00 bits per heavy atom. The summed E-state index contributed by atoms with van der Waals surface area (Å²) in [5, 5.41) is 16.8. The molecule has 2 aliphatic rings. The molecular weight excluding hydrogens is 793 g/mol. The lowest BCUT2D eigenvalue weighted by atomic mass is 9.97.